The van der Waals surface area contributed by atoms with E-state index in [1.54, 1.807) is 0 Å². The average molecular weight is 282 g/mol. The van der Waals surface area contributed by atoms with Gasteiger partial charge in [-0.25, -0.2) is 0 Å². The largest absolute Gasteiger partial charge is 0.364 e. The van der Waals surface area contributed by atoms with Crippen LogP contribution < -0.4 is 0 Å². The topological polar surface area (TPSA) is 26.3 Å². The highest BCUT2D eigenvalue weighted by molar-refractivity contribution is 9.10. The lowest BCUT2D eigenvalue weighted by Gasteiger charge is -2.28. The molecule has 0 N–H and O–H groups in total. The van der Waals surface area contributed by atoms with E-state index in [4.69, 9.17) is 4.74 Å². The molecule has 11 heavy (non-hydrogen) atoms. The molecule has 4 atom stereocenters. The predicted octanol–water partition coefficient (Wildman–Crippen LogP) is 1.42. The minimum absolute atomic E-state index is 0.0544. The molecule has 2 aliphatic heterocycles. The van der Waals surface area contributed by atoms with E-state index in [1.165, 1.54) is 0 Å². The first-order valence-electron chi connectivity index (χ1n) is 3.36. The van der Waals surface area contributed by atoms with Gasteiger partial charge in [0, 0.05) is 0 Å². The zero-order valence-electron chi connectivity index (χ0n) is 5.54. The van der Waals surface area contributed by atoms with Crippen LogP contribution in [0, 0.1) is 0 Å². The predicted molar refractivity (Wildman–Crippen MR) is 48.2 cm³/mol. The van der Waals surface area contributed by atoms with Crippen molar-refractivity contribution in [3.05, 3.63) is 12.2 Å². The Morgan fingerprint density at radius 1 is 1.18 bits per heavy atom. The van der Waals surface area contributed by atoms with E-state index in [0.29, 0.717) is 0 Å². The Kier molecular flexibility index (Phi) is 1.93. The number of rotatable bonds is 0. The number of hydrogen-bond donors (Lipinski definition) is 0. The van der Waals surface area contributed by atoms with Crippen molar-refractivity contribution in [3.63, 3.8) is 0 Å². The lowest BCUT2D eigenvalue weighted by molar-refractivity contribution is -0.125. The lowest BCUT2D eigenvalue weighted by atomic mass is 10.1. The maximum Gasteiger partial charge on any atom is 0.165 e. The number of carbonyl (C=O) groups is 1. The molecule has 0 aliphatic carbocycles. The van der Waals surface area contributed by atoms with Crippen LogP contribution in [0.25, 0.3) is 0 Å². The second kappa shape index (κ2) is 2.68. The Morgan fingerprint density at radius 3 is 2.09 bits per heavy atom. The van der Waals surface area contributed by atoms with E-state index in [-0.39, 0.29) is 27.6 Å². The Labute approximate surface area is 81.2 Å². The second-order valence-corrected chi connectivity index (χ2v) is 4.63. The molecular formula is C7H6Br2O2. The summed E-state index contributed by atoms with van der Waals surface area (Å²) < 4.78 is 5.47. The van der Waals surface area contributed by atoms with Crippen molar-refractivity contribution >= 4 is 37.6 Å². The quantitative estimate of drug-likeness (QED) is 0.496. The Bertz CT molecular complexity index is 206. The molecule has 0 amide bonds. The zero-order chi connectivity index (χ0) is 8.01. The lowest BCUT2D eigenvalue weighted by Crippen LogP contribution is -2.44. The number of ether oxygens (including phenoxy) is 1. The maximum atomic E-state index is 11.4. The Balaban J connectivity index is 2.29. The van der Waals surface area contributed by atoms with Crippen LogP contribution in [0.5, 0.6) is 0 Å². The van der Waals surface area contributed by atoms with Gasteiger partial charge in [-0.05, 0) is 0 Å². The molecule has 0 aromatic carbocycles. The normalized spacial score (nSPS) is 48.4. The number of alkyl halides is 2. The van der Waals surface area contributed by atoms with Crippen LogP contribution in [0.15, 0.2) is 12.2 Å². The van der Waals surface area contributed by atoms with Crippen LogP contribution in [0.1, 0.15) is 0 Å². The summed E-state index contributed by atoms with van der Waals surface area (Å²) in [7, 11) is 0. The van der Waals surface area contributed by atoms with Crippen molar-refractivity contribution < 1.29 is 9.53 Å². The van der Waals surface area contributed by atoms with Gasteiger partial charge in [0.2, 0.25) is 0 Å². The molecule has 2 rings (SSSR count). The van der Waals surface area contributed by atoms with Crippen LogP contribution in [-0.4, -0.2) is 27.6 Å². The average Bonchev–Trinajstić information content (AvgIpc) is 2.44. The molecule has 0 aromatic heterocycles. The van der Waals surface area contributed by atoms with Gasteiger partial charge in [-0.2, -0.15) is 0 Å². The molecule has 2 heterocycles. The van der Waals surface area contributed by atoms with Crippen molar-refractivity contribution in [1.29, 1.82) is 0 Å². The molecule has 1 saturated heterocycles. The first kappa shape index (κ1) is 7.95. The van der Waals surface area contributed by atoms with Crippen molar-refractivity contribution in [2.45, 2.75) is 21.9 Å². The fourth-order valence-electron chi connectivity index (χ4n) is 1.30. The van der Waals surface area contributed by atoms with Gasteiger partial charge in [-0.1, -0.05) is 44.0 Å². The molecule has 0 aromatic rings. The van der Waals surface area contributed by atoms with E-state index >= 15 is 0 Å². The van der Waals surface area contributed by atoms with Crippen LogP contribution in [-0.2, 0) is 9.53 Å². The molecule has 0 unspecified atom stereocenters. The zero-order valence-corrected chi connectivity index (χ0v) is 8.71. The summed E-state index contributed by atoms with van der Waals surface area (Å²) in [5, 5.41) is 0. The number of carbonyl (C=O) groups excluding carboxylic acids is 1. The number of fused-ring (bicyclic) bond motifs is 2. The minimum atomic E-state index is -0.179. The second-order valence-electron chi connectivity index (χ2n) is 2.66. The highest BCUT2D eigenvalue weighted by Gasteiger charge is 2.43. The highest BCUT2D eigenvalue weighted by Crippen LogP contribution is 2.32. The molecule has 0 spiro atoms. The van der Waals surface area contributed by atoms with Gasteiger partial charge in [0.1, 0.15) is 9.65 Å². The third-order valence-corrected chi connectivity index (χ3v) is 3.87. The summed E-state index contributed by atoms with van der Waals surface area (Å²) in [6, 6.07) is 0. The summed E-state index contributed by atoms with van der Waals surface area (Å²) in [4.78, 5) is 11.0. The first-order chi connectivity index (χ1) is 5.20. The van der Waals surface area contributed by atoms with Crippen molar-refractivity contribution in [3.8, 4) is 0 Å². The number of hydrogen-bond acceptors (Lipinski definition) is 2. The number of ketones is 1. The summed E-state index contributed by atoms with van der Waals surface area (Å²) in [6.07, 6.45) is 3.76. The molecular weight excluding hydrogens is 276 g/mol. The molecule has 4 heteroatoms. The monoisotopic (exact) mass is 280 g/mol. The molecule has 1 fully saturated rings. The van der Waals surface area contributed by atoms with Crippen molar-refractivity contribution in [1.82, 2.24) is 0 Å². The molecule has 2 nitrogen and oxygen atoms in total. The van der Waals surface area contributed by atoms with E-state index in [2.05, 4.69) is 31.9 Å². The fraction of sp³-hybridized carbons (Fsp3) is 0.571. The Hall–Kier alpha value is 0.330. The molecule has 0 radical (unpaired) electrons. The summed E-state index contributed by atoms with van der Waals surface area (Å²) in [5.74, 6) is 0.177. The van der Waals surface area contributed by atoms with Gasteiger partial charge in [-0.15, -0.1) is 0 Å². The molecule has 0 saturated carbocycles. The van der Waals surface area contributed by atoms with E-state index in [0.717, 1.165) is 0 Å². The van der Waals surface area contributed by atoms with Gasteiger partial charge < -0.3 is 4.74 Å². The SMILES string of the molecule is O=C1[C@@H](Br)[C@H]2C=C[C@H](O2)[C@H]1Br. The molecule has 60 valence electrons. The third-order valence-electron chi connectivity index (χ3n) is 1.93. The smallest absolute Gasteiger partial charge is 0.165 e. The van der Waals surface area contributed by atoms with Gasteiger partial charge in [0.05, 0.1) is 12.2 Å². The summed E-state index contributed by atoms with van der Waals surface area (Å²) in [6.45, 7) is 0. The van der Waals surface area contributed by atoms with Gasteiger partial charge in [-0.3, -0.25) is 4.79 Å². The number of halogens is 2. The summed E-state index contributed by atoms with van der Waals surface area (Å²) in [5.41, 5.74) is 0. The third kappa shape index (κ3) is 1.12. The van der Waals surface area contributed by atoms with Gasteiger partial charge in [0.25, 0.3) is 0 Å². The van der Waals surface area contributed by atoms with Gasteiger partial charge in [0.15, 0.2) is 5.78 Å². The van der Waals surface area contributed by atoms with Crippen LogP contribution in [0.4, 0.5) is 0 Å². The van der Waals surface area contributed by atoms with Crippen LogP contribution in [0.3, 0.4) is 0 Å². The number of Topliss-reactive ketones (excluding diaryl/α,β-unsaturated/α-hetero) is 1. The fourth-order valence-corrected chi connectivity index (χ4v) is 2.83. The minimum Gasteiger partial charge on any atom is -0.364 e. The van der Waals surface area contributed by atoms with Crippen LogP contribution >= 0.6 is 31.9 Å². The Morgan fingerprint density at radius 2 is 1.64 bits per heavy atom. The van der Waals surface area contributed by atoms with Crippen LogP contribution in [0.2, 0.25) is 0 Å². The molecule has 2 aliphatic rings. The van der Waals surface area contributed by atoms with E-state index in [1.807, 2.05) is 12.2 Å². The summed E-state index contributed by atoms with van der Waals surface area (Å²) >= 11 is 6.58. The van der Waals surface area contributed by atoms with Gasteiger partial charge >= 0.3 is 0 Å². The maximum absolute atomic E-state index is 11.4. The van der Waals surface area contributed by atoms with E-state index < -0.39 is 0 Å². The van der Waals surface area contributed by atoms with Crippen molar-refractivity contribution in [2.75, 3.05) is 0 Å². The van der Waals surface area contributed by atoms with E-state index in [9.17, 15) is 4.79 Å². The molecule has 2 bridgehead atoms. The highest BCUT2D eigenvalue weighted by atomic mass is 79.9. The first-order valence-corrected chi connectivity index (χ1v) is 5.19. The standard InChI is InChI=1S/C7H6Br2O2/c8-5-3-1-2-4(11-3)6(9)7(5)10/h1-6H/t3-,4+,5+,6-. The van der Waals surface area contributed by atoms with Crippen molar-refractivity contribution in [2.24, 2.45) is 0 Å².